The van der Waals surface area contributed by atoms with Crippen molar-refractivity contribution in [1.82, 2.24) is 9.55 Å². The number of aryl methyl sites for hydroxylation is 1. The van der Waals surface area contributed by atoms with E-state index in [1.54, 1.807) is 0 Å². The van der Waals surface area contributed by atoms with Crippen LogP contribution in [0.3, 0.4) is 0 Å². The average Bonchev–Trinajstić information content (AvgIpc) is 3.47. The van der Waals surface area contributed by atoms with Crippen LogP contribution < -0.4 is 0 Å². The number of aromatic nitrogens is 2. The van der Waals surface area contributed by atoms with Crippen molar-refractivity contribution in [2.45, 2.75) is 25.3 Å². The number of rotatable bonds is 7. The Labute approximate surface area is 245 Å². The lowest BCUT2D eigenvalue weighted by molar-refractivity contribution is 0.514. The molecule has 0 bridgehead atoms. The molecule has 0 aliphatic heterocycles. The molecule has 1 atom stereocenters. The molecule has 40 heavy (non-hydrogen) atoms. The second kappa shape index (κ2) is 11.1. The smallest absolute Gasteiger partial charge is 0.121 e. The van der Waals surface area contributed by atoms with Gasteiger partial charge < -0.3 is 4.57 Å². The minimum atomic E-state index is -0.599. The monoisotopic (exact) mass is 582 g/mol. The Hall–Kier alpha value is -4.21. The van der Waals surface area contributed by atoms with E-state index in [0.29, 0.717) is 0 Å². The number of halogens is 1. The first-order chi connectivity index (χ1) is 19.6. The number of benzene rings is 5. The fourth-order valence-electron chi connectivity index (χ4n) is 5.94. The molecular weight excluding hydrogens is 552 g/mol. The highest BCUT2D eigenvalue weighted by Gasteiger charge is 2.39. The zero-order chi connectivity index (χ0) is 27.5. The second-order valence-corrected chi connectivity index (χ2v) is 11.2. The Kier molecular flexibility index (Phi) is 7.23. The summed E-state index contributed by atoms with van der Waals surface area (Å²) in [6.45, 7) is 4.40. The third-order valence-electron chi connectivity index (χ3n) is 8.00. The van der Waals surface area contributed by atoms with Gasteiger partial charge in [-0.05, 0) is 64.9 Å². The molecule has 5 aromatic carbocycles. The first-order valence-corrected chi connectivity index (χ1v) is 14.4. The van der Waals surface area contributed by atoms with E-state index in [2.05, 4.69) is 174 Å². The van der Waals surface area contributed by atoms with Crippen molar-refractivity contribution in [3.05, 3.63) is 195 Å². The molecule has 0 amide bonds. The molecule has 196 valence electrons. The van der Waals surface area contributed by atoms with E-state index in [-0.39, 0.29) is 5.92 Å². The normalized spacial score (nSPS) is 12.3. The molecule has 2 nitrogen and oxygen atoms in total. The van der Waals surface area contributed by atoms with E-state index < -0.39 is 5.54 Å². The minimum Gasteiger partial charge on any atom is -0.319 e. The molecule has 0 saturated carbocycles. The van der Waals surface area contributed by atoms with Crippen molar-refractivity contribution in [3.63, 3.8) is 0 Å². The van der Waals surface area contributed by atoms with Crippen LogP contribution in [0.2, 0.25) is 0 Å². The van der Waals surface area contributed by atoms with E-state index >= 15 is 0 Å². The number of hydrogen-bond donors (Lipinski definition) is 0. The summed E-state index contributed by atoms with van der Waals surface area (Å²) in [6, 6.07) is 47.4. The molecule has 1 unspecified atom stereocenters. The predicted molar refractivity (Wildman–Crippen MR) is 168 cm³/mol. The maximum absolute atomic E-state index is 5.16. The number of nitrogens with zero attached hydrogens (tertiary/aromatic N) is 2. The summed E-state index contributed by atoms with van der Waals surface area (Å²) in [5.74, 6) is -0.0151. The van der Waals surface area contributed by atoms with Crippen molar-refractivity contribution in [3.8, 4) is 0 Å². The van der Waals surface area contributed by atoms with Crippen LogP contribution in [0, 0.1) is 13.8 Å². The summed E-state index contributed by atoms with van der Waals surface area (Å²) in [5.41, 5.74) is 9.02. The summed E-state index contributed by atoms with van der Waals surface area (Å²) in [5, 5.41) is 0. The van der Waals surface area contributed by atoms with Gasteiger partial charge in [-0.3, -0.25) is 0 Å². The van der Waals surface area contributed by atoms with E-state index in [1.807, 2.05) is 6.33 Å². The zero-order valence-corrected chi connectivity index (χ0v) is 24.3. The van der Waals surface area contributed by atoms with Crippen molar-refractivity contribution < 1.29 is 0 Å². The highest BCUT2D eigenvalue weighted by Crippen LogP contribution is 2.42. The molecule has 6 aromatic rings. The molecule has 0 N–H and O–H groups in total. The number of imidazole rings is 1. The summed E-state index contributed by atoms with van der Waals surface area (Å²) < 4.78 is 3.37. The first-order valence-electron chi connectivity index (χ1n) is 13.6. The van der Waals surface area contributed by atoms with Gasteiger partial charge in [0.1, 0.15) is 5.54 Å². The predicted octanol–water partition coefficient (Wildman–Crippen LogP) is 9.28. The van der Waals surface area contributed by atoms with Gasteiger partial charge in [0.25, 0.3) is 0 Å². The molecule has 1 aromatic heterocycles. The molecule has 0 aliphatic carbocycles. The lowest BCUT2D eigenvalue weighted by atomic mass is 9.76. The fraction of sp³-hybridized carbons (Fsp3) is 0.108. The third kappa shape index (κ3) is 4.61. The SMILES string of the molecule is Cc1cccc(C(c2cccc(Br)c2)c2cn(C(c3ccccc3)(c3ccccc3)c3ccccc3)cn2)c1C. The van der Waals surface area contributed by atoms with Gasteiger partial charge >= 0.3 is 0 Å². The van der Waals surface area contributed by atoms with Crippen LogP contribution in [-0.4, -0.2) is 9.55 Å². The van der Waals surface area contributed by atoms with Crippen LogP contribution in [0.1, 0.15) is 50.6 Å². The topological polar surface area (TPSA) is 17.8 Å². The standard InChI is InChI=1S/C37H31BrN2/c1-27-14-12-23-34(28(27)2)36(29-15-13-22-33(38)24-29)35-25-40(26-39-35)37(30-16-6-3-7-17-30,31-18-8-4-9-19-31)32-20-10-5-11-21-32/h3-26,36H,1-2H3. The molecule has 3 heteroatoms. The van der Waals surface area contributed by atoms with Gasteiger partial charge in [-0.25, -0.2) is 4.98 Å². The third-order valence-corrected chi connectivity index (χ3v) is 8.49. The molecule has 6 rings (SSSR count). The maximum atomic E-state index is 5.16. The highest BCUT2D eigenvalue weighted by atomic mass is 79.9. The van der Waals surface area contributed by atoms with E-state index in [0.717, 1.165) is 10.2 Å². The summed E-state index contributed by atoms with van der Waals surface area (Å²) in [7, 11) is 0. The van der Waals surface area contributed by atoms with Crippen LogP contribution in [0.4, 0.5) is 0 Å². The van der Waals surface area contributed by atoms with Gasteiger partial charge in [0, 0.05) is 10.7 Å². The van der Waals surface area contributed by atoms with Crippen LogP contribution in [-0.2, 0) is 5.54 Å². The van der Waals surface area contributed by atoms with Gasteiger partial charge in [0.2, 0.25) is 0 Å². The average molecular weight is 584 g/mol. The molecule has 0 radical (unpaired) electrons. The van der Waals surface area contributed by atoms with Crippen LogP contribution in [0.15, 0.2) is 150 Å². The zero-order valence-electron chi connectivity index (χ0n) is 22.7. The maximum Gasteiger partial charge on any atom is 0.121 e. The molecule has 0 spiro atoms. The Morgan fingerprint density at radius 2 is 1.20 bits per heavy atom. The van der Waals surface area contributed by atoms with Crippen molar-refractivity contribution in [2.24, 2.45) is 0 Å². The molecule has 0 aliphatic rings. The van der Waals surface area contributed by atoms with Crippen molar-refractivity contribution in [1.29, 1.82) is 0 Å². The van der Waals surface area contributed by atoms with Crippen molar-refractivity contribution >= 4 is 15.9 Å². The quantitative estimate of drug-likeness (QED) is 0.171. The van der Waals surface area contributed by atoms with Gasteiger partial charge in [-0.15, -0.1) is 0 Å². The van der Waals surface area contributed by atoms with Crippen LogP contribution >= 0.6 is 15.9 Å². The Balaban J connectivity index is 1.63. The van der Waals surface area contributed by atoms with Gasteiger partial charge in [-0.1, -0.05) is 137 Å². The Bertz CT molecular complexity index is 1630. The van der Waals surface area contributed by atoms with Gasteiger partial charge in [0.15, 0.2) is 0 Å². The minimum absolute atomic E-state index is 0.0151. The van der Waals surface area contributed by atoms with Crippen molar-refractivity contribution in [2.75, 3.05) is 0 Å². The van der Waals surface area contributed by atoms with Crippen LogP contribution in [0.25, 0.3) is 0 Å². The summed E-state index contributed by atoms with van der Waals surface area (Å²) in [4.78, 5) is 5.16. The summed E-state index contributed by atoms with van der Waals surface area (Å²) in [6.07, 6.45) is 4.26. The molecule has 0 saturated heterocycles. The number of hydrogen-bond acceptors (Lipinski definition) is 1. The largest absolute Gasteiger partial charge is 0.319 e. The lowest BCUT2D eigenvalue weighted by Crippen LogP contribution is -2.37. The Morgan fingerprint density at radius 1 is 0.650 bits per heavy atom. The molecule has 0 fully saturated rings. The van der Waals surface area contributed by atoms with E-state index in [1.165, 1.54) is 38.9 Å². The summed E-state index contributed by atoms with van der Waals surface area (Å²) >= 11 is 3.71. The first kappa shape index (κ1) is 26.0. The van der Waals surface area contributed by atoms with Gasteiger partial charge in [0.05, 0.1) is 17.9 Å². The lowest BCUT2D eigenvalue weighted by Gasteiger charge is -2.37. The second-order valence-electron chi connectivity index (χ2n) is 10.3. The van der Waals surface area contributed by atoms with Gasteiger partial charge in [-0.2, -0.15) is 0 Å². The van der Waals surface area contributed by atoms with Crippen LogP contribution in [0.5, 0.6) is 0 Å². The Morgan fingerprint density at radius 3 is 1.75 bits per heavy atom. The van der Waals surface area contributed by atoms with E-state index in [4.69, 9.17) is 4.98 Å². The fourth-order valence-corrected chi connectivity index (χ4v) is 6.36. The molecular formula is C37H31BrN2. The molecule has 1 heterocycles. The highest BCUT2D eigenvalue weighted by molar-refractivity contribution is 9.10. The van der Waals surface area contributed by atoms with E-state index in [9.17, 15) is 0 Å².